The van der Waals surface area contributed by atoms with Gasteiger partial charge in [0.05, 0.1) is 17.5 Å². The lowest BCUT2D eigenvalue weighted by Crippen LogP contribution is -2.41. The van der Waals surface area contributed by atoms with Crippen molar-refractivity contribution in [2.75, 3.05) is 4.90 Å². The maximum atomic E-state index is 13.4. The van der Waals surface area contributed by atoms with Crippen LogP contribution in [0.5, 0.6) is 0 Å². The molecule has 7 aliphatic rings. The summed E-state index contributed by atoms with van der Waals surface area (Å²) in [5.74, 6) is 3.09. The Morgan fingerprint density at radius 3 is 1.93 bits per heavy atom. The van der Waals surface area contributed by atoms with Crippen molar-refractivity contribution >= 4 is 29.1 Å². The second-order valence-corrected chi connectivity index (χ2v) is 10.6. The zero-order chi connectivity index (χ0) is 19.4. The van der Waals surface area contributed by atoms with Gasteiger partial charge >= 0.3 is 0 Å². The van der Waals surface area contributed by atoms with Crippen molar-refractivity contribution in [2.45, 2.75) is 32.1 Å². The summed E-state index contributed by atoms with van der Waals surface area (Å²) < 4.78 is 0. The van der Waals surface area contributed by atoms with E-state index in [0.717, 1.165) is 23.7 Å². The monoisotopic (exact) mass is 405 g/mol. The van der Waals surface area contributed by atoms with E-state index in [1.807, 2.05) is 6.07 Å². The number of carbonyl (C=O) groups is 2. The molecule has 0 radical (unpaired) electrons. The summed E-state index contributed by atoms with van der Waals surface area (Å²) in [5.41, 5.74) is 3.79. The zero-order valence-electron chi connectivity index (χ0n) is 16.3. The Kier molecular flexibility index (Phi) is 3.28. The van der Waals surface area contributed by atoms with Gasteiger partial charge in [-0.1, -0.05) is 41.0 Å². The number of hydrogen-bond donors (Lipinski definition) is 0. The summed E-state index contributed by atoms with van der Waals surface area (Å²) in [6, 6.07) is 7.12. The van der Waals surface area contributed by atoms with Crippen LogP contribution in [-0.4, -0.2) is 11.8 Å². The highest BCUT2D eigenvalue weighted by Crippen LogP contribution is 2.63. The minimum absolute atomic E-state index is 0.0268. The van der Waals surface area contributed by atoms with Crippen molar-refractivity contribution in [3.63, 3.8) is 0 Å². The highest BCUT2D eigenvalue weighted by Gasteiger charge is 2.63. The molecule has 4 atom stereocenters. The number of allylic oxidation sites excluding steroid dienone is 4. The van der Waals surface area contributed by atoms with Crippen LogP contribution in [0.15, 0.2) is 47.6 Å². The van der Waals surface area contributed by atoms with Crippen LogP contribution in [0.25, 0.3) is 0 Å². The molecule has 0 aromatic heterocycles. The number of fused-ring (bicyclic) bond motifs is 5. The number of amides is 2. The quantitative estimate of drug-likeness (QED) is 0.486. The van der Waals surface area contributed by atoms with Crippen molar-refractivity contribution < 1.29 is 9.59 Å². The van der Waals surface area contributed by atoms with E-state index in [1.54, 1.807) is 23.8 Å². The van der Waals surface area contributed by atoms with Gasteiger partial charge in [0.15, 0.2) is 0 Å². The van der Waals surface area contributed by atoms with E-state index in [2.05, 4.69) is 12.2 Å². The number of rotatable bonds is 1. The molecule has 0 unspecified atom stereocenters. The average molecular weight is 406 g/mol. The van der Waals surface area contributed by atoms with Gasteiger partial charge in [0.2, 0.25) is 11.8 Å². The molecule has 1 heterocycles. The van der Waals surface area contributed by atoms with Gasteiger partial charge in [0.25, 0.3) is 0 Å². The zero-order valence-corrected chi connectivity index (χ0v) is 17.0. The smallest absolute Gasteiger partial charge is 0.238 e. The van der Waals surface area contributed by atoms with Gasteiger partial charge in [-0.25, -0.2) is 4.90 Å². The number of imide groups is 1. The standard InChI is InChI=1S/C25H24ClNO2/c26-16-2-1-3-17(11-16)27-24(28)22-18-4-5-19(23(22)25(27)29)21(18)20-14-7-12-6-13(9-14)10-15(20)8-12/h1-5,11-15,18-19,22-23H,6-10H2/t12?,13?,14?,15?,18-,19-,22-,23-/m0/s1. The Labute approximate surface area is 175 Å². The summed E-state index contributed by atoms with van der Waals surface area (Å²) in [7, 11) is 0. The first-order valence-corrected chi connectivity index (χ1v) is 11.5. The summed E-state index contributed by atoms with van der Waals surface area (Å²) >= 11 is 6.13. The van der Waals surface area contributed by atoms with E-state index in [0.29, 0.717) is 10.7 Å². The lowest BCUT2D eigenvalue weighted by Gasteiger charge is -2.52. The number of hydrogen-bond acceptors (Lipinski definition) is 2. The van der Waals surface area contributed by atoms with Crippen LogP contribution in [0.1, 0.15) is 32.1 Å². The van der Waals surface area contributed by atoms with Gasteiger partial charge in [0, 0.05) is 16.9 Å². The lowest BCUT2D eigenvalue weighted by atomic mass is 9.53. The third-order valence-electron chi connectivity index (χ3n) is 8.83. The van der Waals surface area contributed by atoms with Crippen LogP contribution in [-0.2, 0) is 9.59 Å². The first kappa shape index (κ1) is 16.9. The second-order valence-electron chi connectivity index (χ2n) is 10.2. The SMILES string of the molecule is O=C1[C@@H]2[C@@H](C(=O)N1c1cccc(Cl)c1)[C@H]1C=C[C@H]2C1=C1C2CC3CC(C2)CC1C3. The van der Waals surface area contributed by atoms with Crippen molar-refractivity contribution in [3.8, 4) is 0 Å². The number of anilines is 1. The Hall–Kier alpha value is -1.87. The van der Waals surface area contributed by atoms with Gasteiger partial charge < -0.3 is 0 Å². The fourth-order valence-electron chi connectivity index (χ4n) is 8.18. The Bertz CT molecular complexity index is 959. The number of carbonyl (C=O) groups excluding carboxylic acids is 2. The second kappa shape index (κ2) is 5.63. The molecular formula is C25H24ClNO2. The Morgan fingerprint density at radius 2 is 1.38 bits per heavy atom. The molecule has 1 aromatic carbocycles. The van der Waals surface area contributed by atoms with E-state index < -0.39 is 0 Å². The molecule has 1 saturated heterocycles. The predicted octanol–water partition coefficient (Wildman–Crippen LogP) is 5.01. The molecule has 8 rings (SSSR count). The molecule has 6 bridgehead atoms. The molecule has 1 aliphatic heterocycles. The molecule has 0 spiro atoms. The number of nitrogens with zero attached hydrogens (tertiary/aromatic N) is 1. The van der Waals surface area contributed by atoms with Gasteiger partial charge in [-0.05, 0) is 74.0 Å². The topological polar surface area (TPSA) is 37.4 Å². The fourth-order valence-corrected chi connectivity index (χ4v) is 8.37. The highest BCUT2D eigenvalue weighted by atomic mass is 35.5. The first-order valence-electron chi connectivity index (χ1n) is 11.2. The molecule has 5 saturated carbocycles. The third kappa shape index (κ3) is 2.10. The van der Waals surface area contributed by atoms with E-state index in [-0.39, 0.29) is 35.5 Å². The van der Waals surface area contributed by atoms with Crippen LogP contribution in [0.3, 0.4) is 0 Å². The molecule has 2 amide bonds. The molecule has 3 nitrogen and oxygen atoms in total. The van der Waals surface area contributed by atoms with Crippen LogP contribution < -0.4 is 4.90 Å². The molecule has 148 valence electrons. The molecule has 29 heavy (non-hydrogen) atoms. The van der Waals surface area contributed by atoms with E-state index in [9.17, 15) is 9.59 Å². The molecule has 0 N–H and O–H groups in total. The van der Waals surface area contributed by atoms with Crippen molar-refractivity contribution in [1.82, 2.24) is 0 Å². The molecular weight excluding hydrogens is 382 g/mol. The van der Waals surface area contributed by atoms with Crippen LogP contribution in [0, 0.1) is 47.3 Å². The van der Waals surface area contributed by atoms with E-state index >= 15 is 0 Å². The first-order chi connectivity index (χ1) is 14.1. The summed E-state index contributed by atoms with van der Waals surface area (Å²) in [4.78, 5) is 28.3. The van der Waals surface area contributed by atoms with Crippen LogP contribution in [0.2, 0.25) is 5.02 Å². The van der Waals surface area contributed by atoms with Crippen LogP contribution >= 0.6 is 11.6 Å². The average Bonchev–Trinajstić information content (AvgIpc) is 3.31. The molecule has 4 heteroatoms. The summed E-state index contributed by atoms with van der Waals surface area (Å²) in [5, 5.41) is 0.553. The van der Waals surface area contributed by atoms with Crippen molar-refractivity contribution in [2.24, 2.45) is 47.3 Å². The number of benzene rings is 1. The number of halogens is 1. The molecule has 6 aliphatic carbocycles. The maximum absolute atomic E-state index is 13.4. The van der Waals surface area contributed by atoms with Gasteiger partial charge in [-0.2, -0.15) is 0 Å². The normalized spacial score (nSPS) is 43.8. The third-order valence-corrected chi connectivity index (χ3v) is 9.07. The highest BCUT2D eigenvalue weighted by molar-refractivity contribution is 6.31. The molecule has 6 fully saturated rings. The minimum atomic E-state index is -0.212. The van der Waals surface area contributed by atoms with E-state index in [1.165, 1.54) is 42.6 Å². The van der Waals surface area contributed by atoms with Crippen molar-refractivity contribution in [3.05, 3.63) is 52.6 Å². The predicted molar refractivity (Wildman–Crippen MR) is 111 cm³/mol. The van der Waals surface area contributed by atoms with Crippen molar-refractivity contribution in [1.29, 1.82) is 0 Å². The lowest BCUT2D eigenvalue weighted by molar-refractivity contribution is -0.122. The Morgan fingerprint density at radius 1 is 0.793 bits per heavy atom. The fraction of sp³-hybridized carbons (Fsp3) is 0.520. The molecule has 1 aromatic rings. The maximum Gasteiger partial charge on any atom is 0.238 e. The summed E-state index contributed by atoms with van der Waals surface area (Å²) in [6.07, 6.45) is 11.3. The summed E-state index contributed by atoms with van der Waals surface area (Å²) in [6.45, 7) is 0. The van der Waals surface area contributed by atoms with Gasteiger partial charge in [0.1, 0.15) is 0 Å². The van der Waals surface area contributed by atoms with E-state index in [4.69, 9.17) is 11.6 Å². The van der Waals surface area contributed by atoms with Gasteiger partial charge in [-0.3, -0.25) is 9.59 Å². The van der Waals surface area contributed by atoms with Gasteiger partial charge in [-0.15, -0.1) is 0 Å². The largest absolute Gasteiger partial charge is 0.274 e. The Balaban J connectivity index is 1.29. The minimum Gasteiger partial charge on any atom is -0.274 e. The van der Waals surface area contributed by atoms with Crippen LogP contribution in [0.4, 0.5) is 5.69 Å².